The summed E-state index contributed by atoms with van der Waals surface area (Å²) in [6, 6.07) is 0. The van der Waals surface area contributed by atoms with E-state index in [2.05, 4.69) is 9.97 Å². The van der Waals surface area contributed by atoms with Crippen LogP contribution in [0.5, 0.6) is 0 Å². The van der Waals surface area contributed by atoms with Crippen LogP contribution in [-0.2, 0) is 0 Å². The number of hydrogen-bond donors (Lipinski definition) is 3. The van der Waals surface area contributed by atoms with Gasteiger partial charge in [0, 0.05) is 0 Å². The first-order chi connectivity index (χ1) is 8.37. The van der Waals surface area contributed by atoms with Crippen LogP contribution in [0.1, 0.15) is 5.37 Å². The van der Waals surface area contributed by atoms with E-state index in [0.717, 1.165) is 6.33 Å². The summed E-state index contributed by atoms with van der Waals surface area (Å²) >= 11 is 0.591. The number of rotatable bonds is 2. The molecular formula is C8H10F2N4O3S. The van der Waals surface area contributed by atoms with Crippen molar-refractivity contribution in [3.63, 3.8) is 0 Å². The van der Waals surface area contributed by atoms with Gasteiger partial charge in [-0.1, -0.05) is 0 Å². The van der Waals surface area contributed by atoms with Gasteiger partial charge in [0.05, 0.1) is 11.9 Å². The number of alkyl halides is 2. The van der Waals surface area contributed by atoms with Crippen molar-refractivity contribution in [2.75, 3.05) is 12.3 Å². The van der Waals surface area contributed by atoms with E-state index in [1.165, 1.54) is 0 Å². The second-order valence-electron chi connectivity index (χ2n) is 3.73. The summed E-state index contributed by atoms with van der Waals surface area (Å²) in [6.07, 6.45) is -1.19. The number of thioether (sulfide) groups is 1. The average molecular weight is 280 g/mol. The molecule has 1 aliphatic heterocycles. The third-order valence-electron chi connectivity index (χ3n) is 2.56. The van der Waals surface area contributed by atoms with Crippen LogP contribution in [-0.4, -0.2) is 48.6 Å². The number of nitrogens with zero attached hydrogens (tertiary/aromatic N) is 3. The number of nitrogen functional groups attached to an aromatic ring is 1. The van der Waals surface area contributed by atoms with Crippen molar-refractivity contribution < 1.29 is 19.0 Å². The molecule has 1 saturated heterocycles. The molecule has 18 heavy (non-hydrogen) atoms. The second kappa shape index (κ2) is 4.44. The largest absolute Gasteiger partial charge is 0.395 e. The van der Waals surface area contributed by atoms with Gasteiger partial charge in [0.1, 0.15) is 12.4 Å². The number of halogens is 2. The fourth-order valence-electron chi connectivity index (χ4n) is 1.63. The molecule has 0 aliphatic carbocycles. The minimum absolute atomic E-state index is 0.318. The first kappa shape index (κ1) is 13.2. The Morgan fingerprint density at radius 1 is 1.61 bits per heavy atom. The molecule has 10 heteroatoms. The maximum absolute atomic E-state index is 13.8. The molecule has 2 heterocycles. The Morgan fingerprint density at radius 2 is 2.28 bits per heavy atom. The van der Waals surface area contributed by atoms with Crippen molar-refractivity contribution in [2.45, 2.75) is 22.7 Å². The summed E-state index contributed by atoms with van der Waals surface area (Å²) < 4.78 is 28.2. The van der Waals surface area contributed by atoms with Crippen molar-refractivity contribution in [2.24, 2.45) is 0 Å². The number of aliphatic hydroxyl groups is 2. The van der Waals surface area contributed by atoms with Crippen LogP contribution in [0.25, 0.3) is 0 Å². The summed E-state index contributed by atoms with van der Waals surface area (Å²) in [4.78, 5) is 18.2. The number of aromatic nitrogens is 3. The first-order valence-corrected chi connectivity index (χ1v) is 5.85. The lowest BCUT2D eigenvalue weighted by molar-refractivity contribution is -0.114. The van der Waals surface area contributed by atoms with Crippen LogP contribution in [0.15, 0.2) is 11.1 Å². The maximum Gasteiger partial charge on any atom is 0.353 e. The SMILES string of the molecule is Nc1ncn([C@H]2S[C@H](CO)[C@@H](O)C2(F)F)c(=O)n1. The highest BCUT2D eigenvalue weighted by atomic mass is 32.2. The van der Waals surface area contributed by atoms with Crippen LogP contribution < -0.4 is 11.4 Å². The molecule has 100 valence electrons. The Hall–Kier alpha value is -1.26. The molecule has 2 rings (SSSR count). The Bertz CT molecular complexity index is 511. The van der Waals surface area contributed by atoms with Gasteiger partial charge in [-0.25, -0.2) is 18.6 Å². The number of aliphatic hydroxyl groups excluding tert-OH is 2. The van der Waals surface area contributed by atoms with E-state index in [1.54, 1.807) is 0 Å². The van der Waals surface area contributed by atoms with Gasteiger partial charge in [-0.15, -0.1) is 11.8 Å². The van der Waals surface area contributed by atoms with E-state index in [9.17, 15) is 18.7 Å². The number of nitrogens with two attached hydrogens (primary N) is 1. The van der Waals surface area contributed by atoms with E-state index >= 15 is 0 Å². The molecule has 0 aromatic carbocycles. The molecule has 4 N–H and O–H groups in total. The normalized spacial score (nSPS) is 30.6. The third kappa shape index (κ3) is 1.95. The number of anilines is 1. The average Bonchev–Trinajstić information content (AvgIpc) is 2.52. The van der Waals surface area contributed by atoms with Gasteiger partial charge < -0.3 is 15.9 Å². The van der Waals surface area contributed by atoms with Gasteiger partial charge in [0.2, 0.25) is 5.95 Å². The van der Waals surface area contributed by atoms with Gasteiger partial charge in [-0.3, -0.25) is 4.57 Å². The van der Waals surface area contributed by atoms with E-state index in [0.29, 0.717) is 16.3 Å². The van der Waals surface area contributed by atoms with Crippen molar-refractivity contribution in [3.05, 3.63) is 16.8 Å². The van der Waals surface area contributed by atoms with E-state index in [1.807, 2.05) is 0 Å². The summed E-state index contributed by atoms with van der Waals surface area (Å²) in [5, 5.41) is 15.5. The van der Waals surface area contributed by atoms with Gasteiger partial charge in [0.25, 0.3) is 0 Å². The molecule has 0 bridgehead atoms. The third-order valence-corrected chi connectivity index (χ3v) is 4.11. The Morgan fingerprint density at radius 3 is 2.78 bits per heavy atom. The van der Waals surface area contributed by atoms with Crippen molar-refractivity contribution in [1.29, 1.82) is 0 Å². The highest BCUT2D eigenvalue weighted by Crippen LogP contribution is 2.51. The van der Waals surface area contributed by atoms with E-state index in [-0.39, 0.29) is 5.95 Å². The second-order valence-corrected chi connectivity index (χ2v) is 5.06. The highest BCUT2D eigenvalue weighted by Gasteiger charge is 2.58. The smallest absolute Gasteiger partial charge is 0.353 e. The molecule has 7 nitrogen and oxygen atoms in total. The molecule has 1 aromatic rings. The Kier molecular flexibility index (Phi) is 3.25. The topological polar surface area (TPSA) is 114 Å². The van der Waals surface area contributed by atoms with Crippen LogP contribution >= 0.6 is 11.8 Å². The predicted octanol–water partition coefficient (Wildman–Crippen LogP) is -1.18. The predicted molar refractivity (Wildman–Crippen MR) is 59.2 cm³/mol. The monoisotopic (exact) mass is 280 g/mol. The van der Waals surface area contributed by atoms with Crippen LogP contribution in [0.2, 0.25) is 0 Å². The zero-order valence-electron chi connectivity index (χ0n) is 8.90. The van der Waals surface area contributed by atoms with Gasteiger partial charge in [-0.05, 0) is 0 Å². The van der Waals surface area contributed by atoms with Crippen molar-refractivity contribution >= 4 is 17.7 Å². The first-order valence-electron chi connectivity index (χ1n) is 4.90. The minimum atomic E-state index is -3.57. The van der Waals surface area contributed by atoms with E-state index in [4.69, 9.17) is 10.8 Å². The van der Waals surface area contributed by atoms with Crippen LogP contribution in [0.3, 0.4) is 0 Å². The number of hydrogen-bond acceptors (Lipinski definition) is 7. The van der Waals surface area contributed by atoms with Crippen LogP contribution in [0, 0.1) is 0 Å². The minimum Gasteiger partial charge on any atom is -0.395 e. The lowest BCUT2D eigenvalue weighted by atomic mass is 10.1. The molecular weight excluding hydrogens is 270 g/mol. The molecule has 0 amide bonds. The highest BCUT2D eigenvalue weighted by molar-refractivity contribution is 8.00. The van der Waals surface area contributed by atoms with Crippen molar-refractivity contribution in [1.82, 2.24) is 14.5 Å². The zero-order chi connectivity index (χ0) is 13.5. The van der Waals surface area contributed by atoms with Gasteiger partial charge in [0.15, 0.2) is 5.37 Å². The fraction of sp³-hybridized carbons (Fsp3) is 0.625. The molecule has 0 unspecified atom stereocenters. The zero-order valence-corrected chi connectivity index (χ0v) is 9.72. The molecule has 3 atom stereocenters. The Balaban J connectivity index is 2.42. The van der Waals surface area contributed by atoms with E-state index < -0.39 is 34.9 Å². The van der Waals surface area contributed by atoms with Gasteiger partial charge in [-0.2, -0.15) is 4.98 Å². The van der Waals surface area contributed by atoms with Crippen LogP contribution in [0.4, 0.5) is 14.7 Å². The summed E-state index contributed by atoms with van der Waals surface area (Å²) in [5.74, 6) is -3.89. The Labute approximate surface area is 104 Å². The molecule has 0 saturated carbocycles. The van der Waals surface area contributed by atoms with Crippen molar-refractivity contribution in [3.8, 4) is 0 Å². The molecule has 0 spiro atoms. The summed E-state index contributed by atoms with van der Waals surface area (Å²) in [6.45, 7) is -0.623. The summed E-state index contributed by atoms with van der Waals surface area (Å²) in [7, 11) is 0. The van der Waals surface area contributed by atoms with Gasteiger partial charge >= 0.3 is 11.6 Å². The standard InChI is InChI=1S/C8H10F2N4O3S/c9-8(10)4(16)3(1-15)18-5(8)14-2-12-6(11)13-7(14)17/h2-5,15-16H,1H2,(H2,11,13,17)/t3-,4-,5+/m1/s1. The molecule has 1 aliphatic rings. The lowest BCUT2D eigenvalue weighted by Crippen LogP contribution is -2.41. The summed E-state index contributed by atoms with van der Waals surface area (Å²) in [5.41, 5.74) is 4.17. The molecule has 1 fully saturated rings. The lowest BCUT2D eigenvalue weighted by Gasteiger charge is -2.21. The molecule has 1 aromatic heterocycles. The fourth-order valence-corrected chi connectivity index (χ4v) is 2.98. The molecule has 0 radical (unpaired) electrons. The maximum atomic E-state index is 13.8. The quantitative estimate of drug-likeness (QED) is 0.625.